The van der Waals surface area contributed by atoms with Crippen molar-refractivity contribution in [1.82, 2.24) is 20.4 Å². The van der Waals surface area contributed by atoms with E-state index in [-0.39, 0.29) is 5.56 Å². The Kier molecular flexibility index (Phi) is 3.74. The predicted molar refractivity (Wildman–Crippen MR) is 83.4 cm³/mol. The van der Waals surface area contributed by atoms with E-state index >= 15 is 0 Å². The van der Waals surface area contributed by atoms with Crippen LogP contribution in [-0.4, -0.2) is 26.9 Å². The van der Waals surface area contributed by atoms with E-state index in [1.807, 2.05) is 37.3 Å². The summed E-state index contributed by atoms with van der Waals surface area (Å²) in [6.07, 6.45) is 0. The van der Waals surface area contributed by atoms with Gasteiger partial charge in [0.15, 0.2) is 5.01 Å². The highest BCUT2D eigenvalue weighted by Crippen LogP contribution is 2.26. The van der Waals surface area contributed by atoms with Gasteiger partial charge in [-0.05, 0) is 13.0 Å². The van der Waals surface area contributed by atoms with Gasteiger partial charge in [0.2, 0.25) is 5.13 Å². The summed E-state index contributed by atoms with van der Waals surface area (Å²) in [7, 11) is 0. The first-order chi connectivity index (χ1) is 10.3. The third-order valence-electron chi connectivity index (χ3n) is 2.86. The van der Waals surface area contributed by atoms with E-state index < -0.39 is 0 Å². The molecule has 2 aromatic heterocycles. The number of benzene rings is 1. The average Bonchev–Trinajstić information content (AvgIpc) is 2.97. The quantitative estimate of drug-likeness (QED) is 0.773. The first-order valence-electron chi connectivity index (χ1n) is 6.51. The second-order valence-corrected chi connectivity index (χ2v) is 5.28. The third-order valence-corrected chi connectivity index (χ3v) is 3.77. The molecular weight excluding hydrogens is 286 g/mol. The van der Waals surface area contributed by atoms with Crippen molar-refractivity contribution in [3.63, 3.8) is 0 Å². The number of nitrogens with one attached hydrogen (secondary N) is 2. The van der Waals surface area contributed by atoms with Gasteiger partial charge >= 0.3 is 0 Å². The van der Waals surface area contributed by atoms with Crippen LogP contribution in [0.2, 0.25) is 0 Å². The standard InChI is InChI=1S/C14H13N5OS/c1-2-15-14-19-18-13(21-14)10-8-11(16-17-12(10)20)9-6-4-3-5-7-9/h3-8H,2H2,1H3,(H,15,19)(H,17,20). The normalized spacial score (nSPS) is 10.5. The van der Waals surface area contributed by atoms with E-state index in [1.54, 1.807) is 6.07 Å². The van der Waals surface area contributed by atoms with Gasteiger partial charge in [-0.25, -0.2) is 5.10 Å². The second kappa shape index (κ2) is 5.84. The molecule has 0 unspecified atom stereocenters. The Bertz CT molecular complexity index is 796. The van der Waals surface area contributed by atoms with Crippen molar-refractivity contribution in [2.75, 3.05) is 11.9 Å². The minimum Gasteiger partial charge on any atom is -0.360 e. The number of anilines is 1. The van der Waals surface area contributed by atoms with Gasteiger partial charge < -0.3 is 5.32 Å². The van der Waals surface area contributed by atoms with Crippen molar-refractivity contribution in [1.29, 1.82) is 0 Å². The van der Waals surface area contributed by atoms with Crippen LogP contribution in [0.5, 0.6) is 0 Å². The smallest absolute Gasteiger partial charge is 0.274 e. The summed E-state index contributed by atoms with van der Waals surface area (Å²) < 4.78 is 0. The van der Waals surface area contributed by atoms with Crippen molar-refractivity contribution >= 4 is 16.5 Å². The van der Waals surface area contributed by atoms with Gasteiger partial charge in [-0.3, -0.25) is 4.79 Å². The van der Waals surface area contributed by atoms with Crippen LogP contribution in [-0.2, 0) is 0 Å². The maximum Gasteiger partial charge on any atom is 0.274 e. The maximum absolute atomic E-state index is 12.0. The molecule has 0 aliphatic heterocycles. The first kappa shape index (κ1) is 13.4. The number of H-pyrrole nitrogens is 1. The molecule has 21 heavy (non-hydrogen) atoms. The minimum atomic E-state index is -0.270. The monoisotopic (exact) mass is 299 g/mol. The molecule has 0 radical (unpaired) electrons. The Labute approximate surface area is 124 Å². The van der Waals surface area contributed by atoms with Gasteiger partial charge in [-0.2, -0.15) is 5.10 Å². The lowest BCUT2D eigenvalue weighted by Gasteiger charge is -2.01. The van der Waals surface area contributed by atoms with E-state index in [0.717, 1.165) is 12.1 Å². The fourth-order valence-electron chi connectivity index (χ4n) is 1.88. The topological polar surface area (TPSA) is 83.6 Å². The van der Waals surface area contributed by atoms with Crippen LogP contribution < -0.4 is 10.9 Å². The highest BCUT2D eigenvalue weighted by Gasteiger charge is 2.12. The number of hydrogen-bond donors (Lipinski definition) is 2. The number of hydrogen-bond acceptors (Lipinski definition) is 6. The molecule has 7 heteroatoms. The number of nitrogens with zero attached hydrogens (tertiary/aromatic N) is 3. The Morgan fingerprint density at radius 3 is 2.81 bits per heavy atom. The lowest BCUT2D eigenvalue weighted by molar-refractivity contribution is 0.992. The molecule has 2 N–H and O–H groups in total. The number of aromatic nitrogens is 4. The molecular formula is C14H13N5OS. The van der Waals surface area contributed by atoms with Crippen molar-refractivity contribution < 1.29 is 0 Å². The van der Waals surface area contributed by atoms with E-state index in [1.165, 1.54) is 11.3 Å². The molecule has 0 amide bonds. The summed E-state index contributed by atoms with van der Waals surface area (Å²) >= 11 is 1.35. The van der Waals surface area contributed by atoms with Crippen LogP contribution in [0.25, 0.3) is 21.8 Å². The van der Waals surface area contributed by atoms with Crippen LogP contribution in [0.1, 0.15) is 6.92 Å². The molecule has 0 spiro atoms. The van der Waals surface area contributed by atoms with E-state index in [2.05, 4.69) is 25.7 Å². The zero-order valence-corrected chi connectivity index (χ0v) is 12.1. The molecule has 0 bridgehead atoms. The number of rotatable bonds is 4. The summed E-state index contributed by atoms with van der Waals surface area (Å²) in [6, 6.07) is 11.4. The average molecular weight is 299 g/mol. The summed E-state index contributed by atoms with van der Waals surface area (Å²) in [4.78, 5) is 12.0. The molecule has 0 saturated carbocycles. The highest BCUT2D eigenvalue weighted by molar-refractivity contribution is 7.18. The van der Waals surface area contributed by atoms with Crippen LogP contribution in [0.4, 0.5) is 5.13 Å². The molecule has 3 rings (SSSR count). The summed E-state index contributed by atoms with van der Waals surface area (Å²) in [5, 5.41) is 19.0. The van der Waals surface area contributed by atoms with Crippen molar-refractivity contribution in [3.8, 4) is 21.8 Å². The largest absolute Gasteiger partial charge is 0.360 e. The Balaban J connectivity index is 2.03. The zero-order valence-electron chi connectivity index (χ0n) is 11.3. The van der Waals surface area contributed by atoms with Crippen LogP contribution in [0.3, 0.4) is 0 Å². The fraction of sp³-hybridized carbons (Fsp3) is 0.143. The SMILES string of the molecule is CCNc1nnc(-c2cc(-c3ccccc3)n[nH]c2=O)s1. The van der Waals surface area contributed by atoms with Crippen molar-refractivity contribution in [2.45, 2.75) is 6.92 Å². The van der Waals surface area contributed by atoms with Crippen LogP contribution in [0.15, 0.2) is 41.2 Å². The molecule has 3 aromatic rings. The van der Waals surface area contributed by atoms with Gasteiger partial charge in [0.1, 0.15) is 0 Å². The summed E-state index contributed by atoms with van der Waals surface area (Å²) in [5.41, 5.74) is 1.84. The molecule has 0 atom stereocenters. The molecule has 0 fully saturated rings. The van der Waals surface area contributed by atoms with Gasteiger partial charge in [0.05, 0.1) is 11.3 Å². The second-order valence-electron chi connectivity index (χ2n) is 4.30. The Hall–Kier alpha value is -2.54. The minimum absolute atomic E-state index is 0.270. The van der Waals surface area contributed by atoms with Gasteiger partial charge in [-0.1, -0.05) is 41.7 Å². The van der Waals surface area contributed by atoms with E-state index in [0.29, 0.717) is 21.4 Å². The van der Waals surface area contributed by atoms with E-state index in [9.17, 15) is 4.79 Å². The first-order valence-corrected chi connectivity index (χ1v) is 7.32. The van der Waals surface area contributed by atoms with Gasteiger partial charge in [0.25, 0.3) is 5.56 Å². The molecule has 0 saturated heterocycles. The lowest BCUT2D eigenvalue weighted by Crippen LogP contribution is -2.11. The molecule has 6 nitrogen and oxygen atoms in total. The Morgan fingerprint density at radius 1 is 1.24 bits per heavy atom. The van der Waals surface area contributed by atoms with Crippen LogP contribution in [0, 0.1) is 0 Å². The highest BCUT2D eigenvalue weighted by atomic mass is 32.1. The molecule has 2 heterocycles. The molecule has 106 valence electrons. The molecule has 0 aliphatic rings. The van der Waals surface area contributed by atoms with Crippen molar-refractivity contribution in [2.24, 2.45) is 0 Å². The Morgan fingerprint density at radius 2 is 2.05 bits per heavy atom. The molecule has 0 aliphatic carbocycles. The van der Waals surface area contributed by atoms with E-state index in [4.69, 9.17) is 0 Å². The van der Waals surface area contributed by atoms with Crippen LogP contribution >= 0.6 is 11.3 Å². The lowest BCUT2D eigenvalue weighted by atomic mass is 10.1. The number of aromatic amines is 1. The maximum atomic E-state index is 12.0. The fourth-order valence-corrected chi connectivity index (χ4v) is 2.70. The third kappa shape index (κ3) is 2.82. The van der Waals surface area contributed by atoms with Gasteiger partial charge in [0, 0.05) is 12.1 Å². The zero-order chi connectivity index (χ0) is 14.7. The molecule has 1 aromatic carbocycles. The summed E-state index contributed by atoms with van der Waals surface area (Å²) in [6.45, 7) is 2.74. The van der Waals surface area contributed by atoms with Gasteiger partial charge in [-0.15, -0.1) is 10.2 Å². The summed E-state index contributed by atoms with van der Waals surface area (Å²) in [5.74, 6) is 0. The predicted octanol–water partition coefficient (Wildman–Crippen LogP) is 2.39. The van der Waals surface area contributed by atoms with Crippen molar-refractivity contribution in [3.05, 3.63) is 46.8 Å².